The average Bonchev–Trinajstić information content (AvgIpc) is 3.85. The van der Waals surface area contributed by atoms with E-state index in [1.165, 1.54) is 9.47 Å². The van der Waals surface area contributed by atoms with E-state index >= 15 is 0 Å². The molecule has 0 atom stereocenters. The van der Waals surface area contributed by atoms with Crippen molar-refractivity contribution in [1.82, 2.24) is 28.6 Å². The molecule has 309 valence electrons. The molecule has 57 heavy (non-hydrogen) atoms. The predicted molar refractivity (Wildman–Crippen MR) is 212 cm³/mol. The van der Waals surface area contributed by atoms with Gasteiger partial charge in [0.25, 0.3) is 11.5 Å². The Kier molecular flexibility index (Phi) is 24.0. The fourth-order valence-electron chi connectivity index (χ4n) is 5.82. The minimum absolute atomic E-state index is 0. The summed E-state index contributed by atoms with van der Waals surface area (Å²) < 4.78 is 22.8. The number of nitrogens with zero attached hydrogens (tertiary/aromatic N) is 7. The molecular weight excluding hydrogens is 909 g/mol. The van der Waals surface area contributed by atoms with Crippen LogP contribution in [-0.4, -0.2) is 113 Å². The van der Waals surface area contributed by atoms with Crippen LogP contribution >= 0.6 is 0 Å². The molecule has 16 nitrogen and oxygen atoms in total. The summed E-state index contributed by atoms with van der Waals surface area (Å²) in [5.41, 5.74) is 1.21. The third-order valence-corrected chi connectivity index (χ3v) is 8.72. The Morgan fingerprint density at radius 2 is 1.25 bits per heavy atom. The minimum atomic E-state index is -0.586. The molecular formula is C40H50N7O9Re-3. The van der Waals surface area contributed by atoms with E-state index in [-0.39, 0.29) is 44.9 Å². The number of rotatable bonds is 19. The first kappa shape index (κ1) is 49.9. The summed E-state index contributed by atoms with van der Waals surface area (Å²) in [4.78, 5) is 63.2. The number of para-hydroxylation sites is 1. The van der Waals surface area contributed by atoms with Crippen LogP contribution in [0.15, 0.2) is 78.1 Å². The molecule has 5 rings (SSSR count). The Balaban J connectivity index is 0.00000221. The smallest absolute Gasteiger partial charge is 0.267 e. The molecule has 0 unspecified atom stereocenters. The number of imidazole rings is 2. The minimum Gasteiger partial charge on any atom is -0.545 e. The van der Waals surface area contributed by atoms with Crippen LogP contribution in [-0.2, 0) is 89.7 Å². The van der Waals surface area contributed by atoms with Gasteiger partial charge in [0.05, 0.1) is 58.2 Å². The maximum Gasteiger partial charge on any atom is 0.267 e. The second-order valence-electron chi connectivity index (χ2n) is 12.0. The van der Waals surface area contributed by atoms with Crippen LogP contribution in [0.5, 0.6) is 5.75 Å². The SMILES string of the molecule is CCc1cccc2c1c(O)c(C(=O)N(CCOCCOCCOCCN(Cc1nccn1C)Cc1nccn1C)c1ccccc1)c(=O)n2C.[CH-]=O.[CH-]=O.[CH-]=O.[Re]. The first-order chi connectivity index (χ1) is 27.3. The summed E-state index contributed by atoms with van der Waals surface area (Å²) in [5.74, 6) is 1.07. The van der Waals surface area contributed by atoms with Crippen molar-refractivity contribution in [2.75, 3.05) is 57.6 Å². The van der Waals surface area contributed by atoms with Gasteiger partial charge >= 0.3 is 0 Å². The Morgan fingerprint density at radius 1 is 0.737 bits per heavy atom. The van der Waals surface area contributed by atoms with Crippen LogP contribution in [0.4, 0.5) is 5.69 Å². The van der Waals surface area contributed by atoms with Crippen LogP contribution in [0, 0.1) is 0 Å². The zero-order chi connectivity index (χ0) is 41.5. The largest absolute Gasteiger partial charge is 0.545 e. The second kappa shape index (κ2) is 27.5. The van der Waals surface area contributed by atoms with E-state index in [0.29, 0.717) is 75.7 Å². The van der Waals surface area contributed by atoms with Gasteiger partial charge < -0.3 is 52.3 Å². The summed E-state index contributed by atoms with van der Waals surface area (Å²) in [6, 6.07) is 14.6. The normalized spacial score (nSPS) is 10.3. The number of amides is 1. The fourth-order valence-corrected chi connectivity index (χ4v) is 5.82. The molecule has 0 aliphatic rings. The molecule has 0 saturated heterocycles. The zero-order valence-electron chi connectivity index (χ0n) is 32.7. The predicted octanol–water partition coefficient (Wildman–Crippen LogP) is 2.85. The molecule has 1 N–H and O–H groups in total. The number of benzene rings is 2. The van der Waals surface area contributed by atoms with E-state index in [1.54, 1.807) is 37.6 Å². The maximum absolute atomic E-state index is 14.0. The van der Waals surface area contributed by atoms with Crippen LogP contribution in [0.1, 0.15) is 34.5 Å². The summed E-state index contributed by atoms with van der Waals surface area (Å²) in [6.07, 6.45) is 8.11. The molecule has 0 spiro atoms. The first-order valence-corrected chi connectivity index (χ1v) is 17.6. The number of aromatic hydroxyl groups is 1. The number of aryl methyl sites for hydroxylation is 4. The van der Waals surface area contributed by atoms with E-state index in [4.69, 9.17) is 28.6 Å². The standard InChI is InChI=1S/C37H47N7O6.3CHO.Re/c1-5-28-10-9-13-30-33(28)35(45)34(36(46)42(30)4)37(47)44(29-11-7-6-8-12-29)19-21-49-23-25-50-24-22-48-20-18-43(26-31-38-14-16-40(31)2)27-32-39-15-17-41(32)3;3*1-2;/h6-17,45H,5,18-27H2,1-4H3;3*1H;/q;3*-1;. The Hall–Kier alpha value is -5.15. The number of hydrogen-bond acceptors (Lipinski definition) is 12. The molecule has 3 heterocycles. The van der Waals surface area contributed by atoms with Gasteiger partial charge in [0.1, 0.15) is 23.0 Å². The maximum atomic E-state index is 14.0. The third kappa shape index (κ3) is 14.1. The molecule has 3 aromatic heterocycles. The molecule has 2 aromatic carbocycles. The molecule has 0 aliphatic heterocycles. The van der Waals surface area contributed by atoms with Gasteiger partial charge in [-0.2, -0.15) is 0 Å². The van der Waals surface area contributed by atoms with Crippen LogP contribution in [0.3, 0.4) is 0 Å². The molecule has 0 saturated carbocycles. The number of hydrogen-bond donors (Lipinski definition) is 1. The van der Waals surface area contributed by atoms with Crippen molar-refractivity contribution in [3.8, 4) is 5.75 Å². The molecule has 17 heteroatoms. The van der Waals surface area contributed by atoms with Gasteiger partial charge in [-0.15, -0.1) is 0 Å². The number of pyridine rings is 1. The van der Waals surface area contributed by atoms with E-state index in [0.717, 1.165) is 17.2 Å². The summed E-state index contributed by atoms with van der Waals surface area (Å²) >= 11 is 0. The van der Waals surface area contributed by atoms with E-state index in [1.807, 2.05) is 72.9 Å². The molecule has 0 bridgehead atoms. The number of fused-ring (bicyclic) bond motifs is 1. The van der Waals surface area contributed by atoms with E-state index in [2.05, 4.69) is 35.2 Å². The van der Waals surface area contributed by atoms with Crippen molar-refractivity contribution in [3.05, 3.63) is 106 Å². The van der Waals surface area contributed by atoms with E-state index < -0.39 is 11.5 Å². The van der Waals surface area contributed by atoms with Gasteiger partial charge in [-0.05, 0) is 30.2 Å². The van der Waals surface area contributed by atoms with Crippen molar-refractivity contribution in [2.45, 2.75) is 26.4 Å². The first-order valence-electron chi connectivity index (χ1n) is 17.6. The van der Waals surface area contributed by atoms with Crippen molar-refractivity contribution < 1.29 is 58.9 Å². The quantitative estimate of drug-likeness (QED) is 0.0728. The van der Waals surface area contributed by atoms with Crippen LogP contribution in [0.25, 0.3) is 10.9 Å². The Labute approximate surface area is 346 Å². The summed E-state index contributed by atoms with van der Waals surface area (Å²) in [5, 5.41) is 11.8. The summed E-state index contributed by atoms with van der Waals surface area (Å²) in [6.45, 7) is 16.2. The monoisotopic (exact) mass is 959 g/mol. The molecule has 1 radical (unpaired) electrons. The Bertz CT molecular complexity index is 1920. The number of aromatic nitrogens is 5. The van der Waals surface area contributed by atoms with Crippen molar-refractivity contribution in [2.24, 2.45) is 21.1 Å². The Morgan fingerprint density at radius 3 is 1.74 bits per heavy atom. The van der Waals surface area contributed by atoms with Crippen LogP contribution < -0.4 is 10.5 Å². The number of anilines is 1. The van der Waals surface area contributed by atoms with Crippen LogP contribution in [0.2, 0.25) is 0 Å². The van der Waals surface area contributed by atoms with Gasteiger partial charge in [-0.1, -0.05) is 37.3 Å². The van der Waals surface area contributed by atoms with Crippen molar-refractivity contribution in [1.29, 1.82) is 0 Å². The molecule has 0 aliphatic carbocycles. The summed E-state index contributed by atoms with van der Waals surface area (Å²) in [7, 11) is 5.59. The zero-order valence-corrected chi connectivity index (χ0v) is 35.4. The van der Waals surface area contributed by atoms with Gasteiger partial charge in [0.15, 0.2) is 0 Å². The molecule has 0 fully saturated rings. The molecule has 1 amide bonds. The van der Waals surface area contributed by atoms with Gasteiger partial charge in [-0.25, -0.2) is 9.97 Å². The topological polar surface area (TPSA) is 180 Å². The number of carbonyl (C=O) groups excluding carboxylic acids is 4. The fraction of sp³-hybridized carbons (Fsp3) is 0.375. The number of ether oxygens (including phenoxy) is 3. The van der Waals surface area contributed by atoms with Gasteiger partial charge in [0, 0.05) is 90.5 Å². The van der Waals surface area contributed by atoms with Gasteiger partial charge in [-0.3, -0.25) is 34.9 Å². The average molecular weight is 959 g/mol. The second-order valence-corrected chi connectivity index (χ2v) is 12.0. The van der Waals surface area contributed by atoms with Gasteiger partial charge in [0.2, 0.25) is 0 Å². The third-order valence-electron chi connectivity index (χ3n) is 8.72. The van der Waals surface area contributed by atoms with Crippen molar-refractivity contribution >= 4 is 42.9 Å². The number of carbonyl (C=O) groups is 1. The molecule has 5 aromatic rings. The van der Waals surface area contributed by atoms with E-state index in [9.17, 15) is 14.7 Å². The van der Waals surface area contributed by atoms with Crippen molar-refractivity contribution in [3.63, 3.8) is 0 Å².